The van der Waals surface area contributed by atoms with Crippen LogP contribution >= 0.6 is 23.1 Å². The number of anilines is 1. The highest BCUT2D eigenvalue weighted by Crippen LogP contribution is 2.28. The molecular weight excluding hydrogens is 354 g/mol. The van der Waals surface area contributed by atoms with Crippen molar-refractivity contribution in [3.63, 3.8) is 0 Å². The van der Waals surface area contributed by atoms with E-state index in [4.69, 9.17) is 0 Å². The summed E-state index contributed by atoms with van der Waals surface area (Å²) in [6.07, 6.45) is 1.69. The van der Waals surface area contributed by atoms with E-state index in [0.717, 1.165) is 15.5 Å². The number of benzene rings is 2. The van der Waals surface area contributed by atoms with Gasteiger partial charge in [0.2, 0.25) is 5.13 Å². The zero-order valence-electron chi connectivity index (χ0n) is 13.0. The Bertz CT molecular complexity index is 1010. The Morgan fingerprint density at radius 2 is 2.00 bits per heavy atom. The summed E-state index contributed by atoms with van der Waals surface area (Å²) in [6.45, 7) is 0. The molecule has 0 saturated carbocycles. The number of nitrogens with one attached hydrogen (secondary N) is 2. The summed E-state index contributed by atoms with van der Waals surface area (Å²) in [7, 11) is 0. The van der Waals surface area contributed by atoms with Crippen LogP contribution in [0, 0.1) is 0 Å². The summed E-state index contributed by atoms with van der Waals surface area (Å²) in [5, 5.41) is 19.2. The second-order valence-electron chi connectivity index (χ2n) is 5.24. The first-order valence-corrected chi connectivity index (χ1v) is 9.33. The van der Waals surface area contributed by atoms with Gasteiger partial charge in [0.15, 0.2) is 4.34 Å². The number of nitrogens with zero attached hydrogens (tertiary/aromatic N) is 3. The van der Waals surface area contributed by atoms with E-state index < -0.39 is 0 Å². The largest absolute Gasteiger partial charge is 0.296 e. The number of hydrogen-bond acceptors (Lipinski definition) is 6. The van der Waals surface area contributed by atoms with E-state index >= 15 is 0 Å². The van der Waals surface area contributed by atoms with Gasteiger partial charge in [0.05, 0.1) is 17.3 Å². The standard InChI is InChI=1S/C17H13N5OS2/c23-15(13-8-4-7-12-9-18-20-14(12)13)19-16-21-22-17(25-16)24-10-11-5-2-1-3-6-11/h1-9H,10H2,(H,18,20)(H,19,21,23). The molecule has 0 aliphatic heterocycles. The first-order valence-electron chi connectivity index (χ1n) is 7.53. The number of fused-ring (bicyclic) bond motifs is 1. The van der Waals surface area contributed by atoms with Crippen molar-refractivity contribution >= 4 is 45.0 Å². The fraction of sp³-hybridized carbons (Fsp3) is 0.0588. The molecule has 2 aromatic carbocycles. The summed E-state index contributed by atoms with van der Waals surface area (Å²) in [5.41, 5.74) is 2.46. The average Bonchev–Trinajstić information content (AvgIpc) is 3.29. The second kappa shape index (κ2) is 7.04. The molecule has 0 fully saturated rings. The van der Waals surface area contributed by atoms with Crippen LogP contribution in [0.4, 0.5) is 5.13 Å². The average molecular weight is 367 g/mol. The zero-order valence-corrected chi connectivity index (χ0v) is 14.6. The molecule has 6 nitrogen and oxygen atoms in total. The number of aromatic amines is 1. The van der Waals surface area contributed by atoms with E-state index in [0.29, 0.717) is 16.2 Å². The number of amides is 1. The van der Waals surface area contributed by atoms with E-state index in [-0.39, 0.29) is 5.91 Å². The lowest BCUT2D eigenvalue weighted by atomic mass is 10.1. The Hall–Kier alpha value is -2.71. The normalized spacial score (nSPS) is 10.9. The maximum atomic E-state index is 12.5. The van der Waals surface area contributed by atoms with Gasteiger partial charge >= 0.3 is 0 Å². The van der Waals surface area contributed by atoms with Gasteiger partial charge in [0.25, 0.3) is 5.91 Å². The van der Waals surface area contributed by atoms with E-state index in [1.807, 2.05) is 30.3 Å². The molecule has 0 unspecified atom stereocenters. The van der Waals surface area contributed by atoms with Crippen LogP contribution in [0.3, 0.4) is 0 Å². The molecular formula is C17H13N5OS2. The molecule has 4 rings (SSSR count). The van der Waals surface area contributed by atoms with Crippen molar-refractivity contribution in [1.82, 2.24) is 20.4 Å². The number of carbonyl (C=O) groups is 1. The van der Waals surface area contributed by atoms with E-state index in [1.54, 1.807) is 24.0 Å². The van der Waals surface area contributed by atoms with Crippen molar-refractivity contribution in [2.24, 2.45) is 0 Å². The minimum Gasteiger partial charge on any atom is -0.296 e. The molecule has 1 amide bonds. The summed E-state index contributed by atoms with van der Waals surface area (Å²) in [4.78, 5) is 12.5. The van der Waals surface area contributed by atoms with Crippen molar-refractivity contribution in [2.45, 2.75) is 10.1 Å². The molecule has 2 heterocycles. The van der Waals surface area contributed by atoms with Crippen LogP contribution in [0.25, 0.3) is 10.9 Å². The second-order valence-corrected chi connectivity index (χ2v) is 7.44. The highest BCUT2D eigenvalue weighted by atomic mass is 32.2. The number of hydrogen-bond donors (Lipinski definition) is 2. The lowest BCUT2D eigenvalue weighted by molar-refractivity contribution is 0.102. The SMILES string of the molecule is O=C(Nc1nnc(SCc2ccccc2)s1)c1cccc2cn[nH]c12. The fourth-order valence-corrected chi connectivity index (χ4v) is 4.06. The van der Waals surface area contributed by atoms with Crippen molar-refractivity contribution in [3.8, 4) is 0 Å². The van der Waals surface area contributed by atoms with Crippen LogP contribution in [0.15, 0.2) is 59.1 Å². The van der Waals surface area contributed by atoms with Crippen molar-refractivity contribution < 1.29 is 4.79 Å². The third kappa shape index (κ3) is 3.54. The van der Waals surface area contributed by atoms with Gasteiger partial charge in [0, 0.05) is 11.1 Å². The molecule has 0 saturated heterocycles. The molecule has 4 aromatic rings. The highest BCUT2D eigenvalue weighted by molar-refractivity contribution is 8.00. The number of rotatable bonds is 5. The molecule has 124 valence electrons. The monoisotopic (exact) mass is 367 g/mol. The van der Waals surface area contributed by atoms with Gasteiger partial charge in [-0.3, -0.25) is 15.2 Å². The van der Waals surface area contributed by atoms with Gasteiger partial charge in [-0.1, -0.05) is 65.6 Å². The van der Waals surface area contributed by atoms with Gasteiger partial charge in [-0.25, -0.2) is 0 Å². The summed E-state index contributed by atoms with van der Waals surface area (Å²) < 4.78 is 0.818. The maximum Gasteiger partial charge on any atom is 0.259 e. The first kappa shape index (κ1) is 15.8. The Morgan fingerprint density at radius 3 is 2.88 bits per heavy atom. The zero-order chi connectivity index (χ0) is 17.1. The Kier molecular flexibility index (Phi) is 4.45. The van der Waals surface area contributed by atoms with Crippen LogP contribution in [-0.2, 0) is 5.75 Å². The Labute approximate surface area is 151 Å². The molecule has 2 N–H and O–H groups in total. The minimum absolute atomic E-state index is 0.231. The van der Waals surface area contributed by atoms with E-state index in [9.17, 15) is 4.79 Å². The van der Waals surface area contributed by atoms with Crippen molar-refractivity contribution in [2.75, 3.05) is 5.32 Å². The number of aromatic nitrogens is 4. The van der Waals surface area contributed by atoms with Crippen LogP contribution in [-0.4, -0.2) is 26.3 Å². The first-order chi connectivity index (χ1) is 12.3. The fourth-order valence-electron chi connectivity index (χ4n) is 2.36. The summed E-state index contributed by atoms with van der Waals surface area (Å²) >= 11 is 2.96. The molecule has 0 aliphatic carbocycles. The third-order valence-corrected chi connectivity index (χ3v) is 5.60. The number of para-hydroxylation sites is 1. The maximum absolute atomic E-state index is 12.5. The molecule has 0 atom stereocenters. The molecule has 2 aromatic heterocycles. The predicted octanol–water partition coefficient (Wildman–Crippen LogP) is 3.96. The molecule has 8 heteroatoms. The van der Waals surface area contributed by atoms with Crippen molar-refractivity contribution in [1.29, 1.82) is 0 Å². The van der Waals surface area contributed by atoms with Crippen LogP contribution in [0.5, 0.6) is 0 Å². The van der Waals surface area contributed by atoms with Crippen LogP contribution < -0.4 is 5.32 Å². The number of carbonyl (C=O) groups excluding carboxylic acids is 1. The molecule has 0 aliphatic rings. The lowest BCUT2D eigenvalue weighted by Gasteiger charge is -2.02. The van der Waals surface area contributed by atoms with Gasteiger partial charge in [-0.15, -0.1) is 10.2 Å². The summed E-state index contributed by atoms with van der Waals surface area (Å²) in [6, 6.07) is 15.6. The summed E-state index contributed by atoms with van der Waals surface area (Å²) in [5.74, 6) is 0.585. The van der Waals surface area contributed by atoms with Gasteiger partial charge in [-0.05, 0) is 11.6 Å². The van der Waals surface area contributed by atoms with E-state index in [1.165, 1.54) is 16.9 Å². The van der Waals surface area contributed by atoms with Crippen molar-refractivity contribution in [3.05, 3.63) is 65.9 Å². The highest BCUT2D eigenvalue weighted by Gasteiger charge is 2.14. The molecule has 0 bridgehead atoms. The van der Waals surface area contributed by atoms with Gasteiger partial charge < -0.3 is 0 Å². The number of H-pyrrole nitrogens is 1. The Morgan fingerprint density at radius 1 is 1.12 bits per heavy atom. The minimum atomic E-state index is -0.231. The predicted molar refractivity (Wildman–Crippen MR) is 100.0 cm³/mol. The number of thioether (sulfide) groups is 1. The molecule has 0 spiro atoms. The van der Waals surface area contributed by atoms with Crippen LogP contribution in [0.2, 0.25) is 0 Å². The lowest BCUT2D eigenvalue weighted by Crippen LogP contribution is -2.12. The van der Waals surface area contributed by atoms with Crippen LogP contribution in [0.1, 0.15) is 15.9 Å². The molecule has 25 heavy (non-hydrogen) atoms. The quantitative estimate of drug-likeness (QED) is 0.412. The molecule has 0 radical (unpaired) electrons. The van der Waals surface area contributed by atoms with E-state index in [2.05, 4.69) is 37.8 Å². The Balaban J connectivity index is 1.44. The topological polar surface area (TPSA) is 83.6 Å². The third-order valence-electron chi connectivity index (χ3n) is 3.55. The smallest absolute Gasteiger partial charge is 0.259 e. The van der Waals surface area contributed by atoms with Gasteiger partial charge in [0.1, 0.15) is 0 Å². The van der Waals surface area contributed by atoms with Gasteiger partial charge in [-0.2, -0.15) is 5.10 Å².